The van der Waals surface area contributed by atoms with E-state index >= 15 is 33.0 Å². The zero-order chi connectivity index (χ0) is 107. The Kier molecular flexibility index (Phi) is 48.4. The van der Waals surface area contributed by atoms with Gasteiger partial charge in [0.1, 0.15) is 29.2 Å². The van der Waals surface area contributed by atoms with Crippen LogP contribution in [0.5, 0.6) is 5.75 Å². The number of rotatable bonds is 56. The molecule has 1 fully saturated rings. The molecule has 14 atom stereocenters. The maximum Gasteiger partial charge on any atom is 0.410 e. The molecule has 15 N–H and O–H groups in total. The summed E-state index contributed by atoms with van der Waals surface area (Å²) in [7, 11) is 0.254. The number of likely N-dealkylation sites (N-methyl/N-ethyl adjacent to an activating group) is 1. The molecule has 147 heavy (non-hydrogen) atoms. The lowest BCUT2D eigenvalue weighted by atomic mass is 9.83. The van der Waals surface area contributed by atoms with Gasteiger partial charge in [-0.3, -0.25) is 71.3 Å². The molecule has 5 aromatic rings. The highest BCUT2D eigenvalue weighted by molar-refractivity contribution is 7.85. The first kappa shape index (κ1) is 119. The molecule has 810 valence electrons. The Labute approximate surface area is 856 Å². The number of aliphatic hydroxyl groups excluding tert-OH is 3. The molecule has 0 spiro atoms. The number of ketones is 5. The second-order valence-electron chi connectivity index (χ2n) is 37.4. The highest BCUT2D eigenvalue weighted by Crippen LogP contribution is 2.40. The van der Waals surface area contributed by atoms with E-state index in [1.54, 1.807) is 77.3 Å². The Bertz CT molecular complexity index is 5360. The first-order valence-corrected chi connectivity index (χ1v) is 51.5. The average molecular weight is 2080 g/mol. The van der Waals surface area contributed by atoms with Crippen molar-refractivity contribution in [1.82, 2.24) is 66.9 Å². The molecule has 5 aliphatic heterocycles. The highest BCUT2D eigenvalue weighted by atomic mass is 32.2. The molecule has 12 amide bonds. The van der Waals surface area contributed by atoms with Gasteiger partial charge in [-0.15, -0.1) is 0 Å². The molecular weight excluding hydrogens is 1940 g/mol. The van der Waals surface area contributed by atoms with Crippen molar-refractivity contribution in [3.63, 3.8) is 0 Å². The minimum Gasteiger partial charge on any atom is -0.465 e. The van der Waals surface area contributed by atoms with E-state index in [9.17, 15) is 63.3 Å². The van der Waals surface area contributed by atoms with Crippen LogP contribution in [0.4, 0.5) is 9.59 Å². The molecule has 0 saturated carbocycles. The van der Waals surface area contributed by atoms with Crippen molar-refractivity contribution in [2.45, 2.75) is 204 Å². The predicted molar refractivity (Wildman–Crippen MR) is 532 cm³/mol. The third-order valence-electron chi connectivity index (χ3n) is 26.4. The standard InChI is InChI=1S/C101H145N15O30S/c1-10-61(6)90-94(130)106-54-88(126)109-80-59-147(136)95-73-46-66(92(128)105-55-89(127)112-90)48-84(123)91(62(7)85(124)57-117)113-97(132)101(146-70-22-23-71(73)78(53-70)111-95,86-52-69(119)56-116(86)96(131)67(49-83(80)122)50-87(102)125)98(133)114(8)27-28-115(29-32-140-37-40-142-38-35-138-30-14-16-81(120)65-21-24-76-79(47-65)108-75(12-3)74(11-2)107-76)100(135)145-58-64-19-17-63(18-20-64)45-82(121)77(15-13-26-104-99(103)134)110-93(129)72(60(4)5)51-68(118)25-31-139-36-39-143-43-44-144-42-41-141-34-33-137-9/h17-24,47,53,60-62,66-67,69,72,77,80,85-86,90-91,111,117,119,124H,10-16,25-46,48-52,54-59H2,1-9H3,(H2,102,125)(H,105,128)(H,106,130)(H,109,126)(H,110,129)(H,112,127)(H,113,132)(H3,103,104,134)/t61-,62-,66-,67-,69+,72-,77-,80-,85-,86-,90-,91-,101?,147?/m0/s1. The number of hydrogen-bond donors (Lipinski definition) is 13. The number of nitrogens with one attached hydrogen (secondary N) is 8. The Hall–Kier alpha value is -11.8. The van der Waals surface area contributed by atoms with Crippen LogP contribution in [-0.2, 0) is 148 Å². The lowest BCUT2D eigenvalue weighted by Crippen LogP contribution is -2.72. The number of H-pyrrole nitrogens is 1. The molecule has 0 radical (unpaired) electrons. The van der Waals surface area contributed by atoms with Gasteiger partial charge in [-0.1, -0.05) is 79.2 Å². The number of benzene rings is 3. The van der Waals surface area contributed by atoms with Crippen molar-refractivity contribution in [2.24, 2.45) is 47.0 Å². The van der Waals surface area contributed by atoms with Crippen molar-refractivity contribution in [3.8, 4) is 5.75 Å². The fourth-order valence-corrected chi connectivity index (χ4v) is 19.1. The number of fused-ring (bicyclic) bond motifs is 9. The maximum absolute atomic E-state index is 16.9. The van der Waals surface area contributed by atoms with Crippen LogP contribution in [0.25, 0.3) is 21.9 Å². The van der Waals surface area contributed by atoms with Crippen LogP contribution in [0.3, 0.4) is 0 Å². The number of carbonyl (C=O) groups excluding carboxylic acids is 16. The third-order valence-corrected chi connectivity index (χ3v) is 27.8. The fourth-order valence-electron chi connectivity index (χ4n) is 17.7. The lowest BCUT2D eigenvalue weighted by molar-refractivity contribution is -0.167. The molecule has 3 aromatic carbocycles. The van der Waals surface area contributed by atoms with Gasteiger partial charge in [0.2, 0.25) is 41.4 Å². The van der Waals surface area contributed by atoms with Gasteiger partial charge >= 0.3 is 12.1 Å². The van der Waals surface area contributed by atoms with Crippen LogP contribution in [0.2, 0.25) is 0 Å². The minimum atomic E-state index is -3.34. The van der Waals surface area contributed by atoms with Gasteiger partial charge in [0, 0.05) is 140 Å². The smallest absolute Gasteiger partial charge is 0.410 e. The molecule has 2 aromatic heterocycles. The first-order valence-electron chi connectivity index (χ1n) is 50.2. The number of aliphatic hydroxyl groups is 3. The molecule has 5 aliphatic rings. The number of ether oxygens (including phenoxy) is 10. The number of hydrogen-bond acceptors (Lipinski definition) is 32. The summed E-state index contributed by atoms with van der Waals surface area (Å²) in [5, 5.41) is 52.4. The minimum absolute atomic E-state index is 0.0111. The molecule has 7 heterocycles. The average Bonchev–Trinajstić information content (AvgIpc) is 1.66. The normalized spacial score (nSPS) is 20.7. The first-order chi connectivity index (χ1) is 70.4. The second kappa shape index (κ2) is 60.0. The third kappa shape index (κ3) is 35.4. The zero-order valence-corrected chi connectivity index (χ0v) is 86.0. The van der Waals surface area contributed by atoms with Crippen LogP contribution >= 0.6 is 0 Å². The number of primary amides is 2. The number of nitrogens with two attached hydrogens (primary N) is 2. The summed E-state index contributed by atoms with van der Waals surface area (Å²) in [6.07, 6.45) is -6.47. The lowest BCUT2D eigenvalue weighted by Gasteiger charge is -2.43. The van der Waals surface area contributed by atoms with Crippen molar-refractivity contribution >= 4 is 127 Å². The van der Waals surface area contributed by atoms with E-state index in [0.717, 1.165) is 32.5 Å². The molecule has 0 aliphatic carbocycles. The summed E-state index contributed by atoms with van der Waals surface area (Å²) in [5.74, 6) is -20.6. The van der Waals surface area contributed by atoms with Gasteiger partial charge in [0.25, 0.3) is 17.4 Å². The van der Waals surface area contributed by atoms with Crippen LogP contribution < -0.4 is 53.4 Å². The number of nitrogens with zero attached hydrogens (tertiary/aromatic N) is 5. The SMILES string of the molecule is CCc1nc2ccc(C(=O)CCCOCCOCCOCCN(CCN(C)C(=O)C34Oc5ccc6c7c([nH]c6c5)S(=O)C[C@H](NC(=O)CNC(=O)[C@H]([C@@H](C)CC)NC(=O)CNC(=O)[C@H](CC(=O)[C@H]([C@@H](C)[C@@H](O)CO)NC3=O)C7)C(=O)C[C@@H](CC(N)=O)C(=O)N3C[C@H](O)C[C@H]34)C(=O)OCc3ccc(CC(=O)[C@H](CCCNC(N)=O)NC(=O)[C@@H](CC(=O)CCOCCOCCOCCOCCOC)C(C)C)cc3)cc2nc1CC. The number of carbonyl (C=O) groups is 16. The van der Waals surface area contributed by atoms with Gasteiger partial charge < -0.3 is 131 Å². The second-order valence-corrected chi connectivity index (χ2v) is 38.9. The quantitative estimate of drug-likeness (QED) is 0.0146. The summed E-state index contributed by atoms with van der Waals surface area (Å²) < 4.78 is 73.1. The Morgan fingerprint density at radius 1 is 0.680 bits per heavy atom. The number of Topliss-reactive ketones (excluding diaryl/α,β-unsaturated/α-hetero) is 5. The number of methoxy groups -OCH3 is 1. The summed E-state index contributed by atoms with van der Waals surface area (Å²) in [6, 6.07) is 6.39. The molecule has 46 heteroatoms. The van der Waals surface area contributed by atoms with Crippen LogP contribution in [-0.4, -0.2) is 363 Å². The number of aromatic amines is 1. The summed E-state index contributed by atoms with van der Waals surface area (Å²) in [6.45, 7) is 10.2. The van der Waals surface area contributed by atoms with E-state index in [1.165, 1.54) is 32.2 Å². The van der Waals surface area contributed by atoms with Gasteiger partial charge in [0.05, 0.1) is 199 Å². The van der Waals surface area contributed by atoms with Crippen molar-refractivity contribution in [1.29, 1.82) is 0 Å². The Morgan fingerprint density at radius 2 is 1.30 bits per heavy atom. The Morgan fingerprint density at radius 3 is 1.93 bits per heavy atom. The summed E-state index contributed by atoms with van der Waals surface area (Å²) in [5.41, 5.74) is 12.5. The van der Waals surface area contributed by atoms with Gasteiger partial charge in [0.15, 0.2) is 23.1 Å². The monoisotopic (exact) mass is 2080 g/mol. The molecule has 10 rings (SSSR count). The molecule has 2 unspecified atom stereocenters. The fraction of sp³-hybridized carbons (Fsp3) is 0.624. The van der Waals surface area contributed by atoms with E-state index in [2.05, 4.69) is 42.2 Å². The summed E-state index contributed by atoms with van der Waals surface area (Å²) >= 11 is 0. The molecule has 45 nitrogen and oxygen atoms in total. The number of amides is 12. The van der Waals surface area contributed by atoms with Crippen LogP contribution in [0, 0.1) is 35.5 Å². The Balaban J connectivity index is 0.990. The van der Waals surface area contributed by atoms with Gasteiger partial charge in [-0.25, -0.2) is 19.6 Å². The van der Waals surface area contributed by atoms with Crippen LogP contribution in [0.15, 0.2) is 65.7 Å². The predicted octanol–water partition coefficient (Wildman–Crippen LogP) is 0.944. The number of urea groups is 1. The van der Waals surface area contributed by atoms with Gasteiger partial charge in [-0.2, -0.15) is 0 Å². The number of aryl methyl sites for hydroxylation is 2. The highest BCUT2D eigenvalue weighted by Gasteiger charge is 2.63. The summed E-state index contributed by atoms with van der Waals surface area (Å²) in [4.78, 5) is 249. The van der Waals surface area contributed by atoms with E-state index in [4.69, 9.17) is 68.8 Å². The largest absolute Gasteiger partial charge is 0.465 e. The van der Waals surface area contributed by atoms with Crippen LogP contribution in [0.1, 0.15) is 158 Å². The van der Waals surface area contributed by atoms with Crippen molar-refractivity contribution in [2.75, 3.05) is 171 Å². The van der Waals surface area contributed by atoms with Gasteiger partial charge in [-0.05, 0) is 97.4 Å². The number of aromatic nitrogens is 3. The van der Waals surface area contributed by atoms with E-state index in [1.807, 2.05) is 13.8 Å². The molecule has 1 saturated heterocycles. The van der Waals surface area contributed by atoms with Crippen molar-refractivity contribution < 1.29 is 144 Å². The topological polar surface area (TPSA) is 631 Å². The van der Waals surface area contributed by atoms with Crippen molar-refractivity contribution in [3.05, 3.63) is 94.3 Å². The molecule has 8 bridgehead atoms. The van der Waals surface area contributed by atoms with E-state index in [-0.39, 0.29) is 156 Å². The molecular formula is C101H145N15O30S. The zero-order valence-electron chi connectivity index (χ0n) is 85.2. The maximum atomic E-state index is 16.9. The van der Waals surface area contributed by atoms with E-state index < -0.39 is 255 Å². The van der Waals surface area contributed by atoms with E-state index in [0.29, 0.717) is 86.6 Å².